The number of hydrogen-bond donors (Lipinski definition) is 1. The Balaban J connectivity index is 3.80. The second-order valence-electron chi connectivity index (χ2n) is 10.0. The van der Waals surface area contributed by atoms with Crippen LogP contribution in [0.25, 0.3) is 0 Å². The minimum atomic E-state index is -1.24. The van der Waals surface area contributed by atoms with Crippen molar-refractivity contribution in [2.45, 2.75) is 109 Å². The first-order chi connectivity index (χ1) is 15.6. The van der Waals surface area contributed by atoms with Crippen molar-refractivity contribution in [1.82, 2.24) is 0 Å². The molecule has 2 unspecified atom stereocenters. The normalized spacial score (nSPS) is 14.1. The van der Waals surface area contributed by atoms with Crippen molar-refractivity contribution in [3.63, 3.8) is 0 Å². The van der Waals surface area contributed by atoms with Crippen molar-refractivity contribution in [2.24, 2.45) is 0 Å². The quantitative estimate of drug-likeness (QED) is 0.118. The third-order valence-electron chi connectivity index (χ3n) is 5.33. The van der Waals surface area contributed by atoms with Crippen molar-refractivity contribution < 1.29 is 29.0 Å². The molecule has 0 saturated heterocycles. The van der Waals surface area contributed by atoms with Crippen LogP contribution in [-0.4, -0.2) is 61.4 Å². The maximum absolute atomic E-state index is 12.1. The van der Waals surface area contributed by atoms with Gasteiger partial charge in [-0.25, -0.2) is 0 Å². The van der Waals surface area contributed by atoms with Gasteiger partial charge in [-0.1, -0.05) is 69.8 Å². The number of carboxylic acid groups (broad SMARTS) is 1. The smallest absolute Gasteiger partial charge is 0.308 e. The Bertz CT molecular complexity index is 565. The van der Waals surface area contributed by atoms with Gasteiger partial charge in [-0.3, -0.25) is 4.79 Å². The molecule has 33 heavy (non-hydrogen) atoms. The van der Waals surface area contributed by atoms with Gasteiger partial charge in [0.25, 0.3) is 0 Å². The third kappa shape index (κ3) is 23.3. The Labute approximate surface area is 202 Å². The summed E-state index contributed by atoms with van der Waals surface area (Å²) in [4.78, 5) is 23.0. The van der Waals surface area contributed by atoms with Crippen LogP contribution < -0.4 is 5.11 Å². The summed E-state index contributed by atoms with van der Waals surface area (Å²) in [7, 11) is 5.69. The second-order valence-corrected chi connectivity index (χ2v) is 10.0. The maximum atomic E-state index is 12.1. The highest BCUT2D eigenvalue weighted by atomic mass is 16.5. The number of quaternary nitrogens is 1. The largest absolute Gasteiger partial charge is 0.550 e. The van der Waals surface area contributed by atoms with E-state index in [1.807, 2.05) is 21.1 Å². The van der Waals surface area contributed by atoms with Crippen LogP contribution in [0.2, 0.25) is 0 Å². The molecule has 0 fully saturated rings. The molecule has 2 atom stereocenters. The predicted octanol–water partition coefficient (Wildman–Crippen LogP) is 4.31. The number of hydrogen-bond acceptors (Lipinski definition) is 5. The van der Waals surface area contributed by atoms with E-state index in [9.17, 15) is 19.8 Å². The summed E-state index contributed by atoms with van der Waals surface area (Å²) in [5, 5.41) is 21.0. The molecule has 0 aliphatic rings. The third-order valence-corrected chi connectivity index (χ3v) is 5.33. The van der Waals surface area contributed by atoms with Crippen LogP contribution in [0.1, 0.15) is 96.8 Å². The fourth-order valence-corrected chi connectivity index (χ4v) is 3.66. The average Bonchev–Trinajstić information content (AvgIpc) is 2.68. The van der Waals surface area contributed by atoms with Gasteiger partial charge in [0, 0.05) is 12.4 Å². The zero-order valence-corrected chi connectivity index (χ0v) is 21.6. The molecule has 0 rings (SSSR count). The van der Waals surface area contributed by atoms with Gasteiger partial charge in [0.1, 0.15) is 6.54 Å². The number of aliphatic hydroxyl groups is 1. The number of nitrogens with zero attached hydrogens (tertiary/aromatic N) is 1. The minimum absolute atomic E-state index is 0.0987. The number of carbonyl (C=O) groups excluding carboxylic acids is 2. The molecule has 0 bridgehead atoms. The zero-order chi connectivity index (χ0) is 25.0. The predicted molar refractivity (Wildman–Crippen MR) is 132 cm³/mol. The molecule has 0 aliphatic carbocycles. The molecule has 1 N–H and O–H groups in total. The molecule has 0 aromatic rings. The summed E-state index contributed by atoms with van der Waals surface area (Å²) < 4.78 is 5.76. The fourth-order valence-electron chi connectivity index (χ4n) is 3.66. The van der Waals surface area contributed by atoms with Gasteiger partial charge in [-0.2, -0.15) is 0 Å². The number of ether oxygens (including phenoxy) is 1. The van der Waals surface area contributed by atoms with Crippen molar-refractivity contribution in [3.05, 3.63) is 24.3 Å². The van der Waals surface area contributed by atoms with Gasteiger partial charge in [-0.15, -0.1) is 0 Å². The van der Waals surface area contributed by atoms with Gasteiger partial charge in [-0.05, 0) is 38.5 Å². The Morgan fingerprint density at radius 2 is 1.45 bits per heavy atom. The molecule has 192 valence electrons. The molecule has 0 spiro atoms. The van der Waals surface area contributed by atoms with Gasteiger partial charge in [0.05, 0.1) is 33.7 Å². The van der Waals surface area contributed by atoms with Crippen LogP contribution in [0.5, 0.6) is 0 Å². The zero-order valence-electron chi connectivity index (χ0n) is 21.6. The van der Waals surface area contributed by atoms with E-state index in [-0.39, 0.29) is 12.8 Å². The molecular formula is C27H49NO5. The topological polar surface area (TPSA) is 86.7 Å². The summed E-state index contributed by atoms with van der Waals surface area (Å²) in [6, 6.07) is 0. The summed E-state index contributed by atoms with van der Waals surface area (Å²) in [5.41, 5.74) is 0. The van der Waals surface area contributed by atoms with Crippen LogP contribution in [0.3, 0.4) is 0 Å². The van der Waals surface area contributed by atoms with Crippen molar-refractivity contribution in [2.75, 3.05) is 27.7 Å². The first kappa shape index (κ1) is 31.3. The van der Waals surface area contributed by atoms with Gasteiger partial charge in [0.15, 0.2) is 6.10 Å². The SMILES string of the molecule is CCCCC/C=C/C/C=C/CCCCCCCC(O)CC(=O)OC(CC(=O)[O-])C[N+](C)(C)C. The van der Waals surface area contributed by atoms with E-state index in [2.05, 4.69) is 31.2 Å². The van der Waals surface area contributed by atoms with E-state index in [0.717, 1.165) is 32.1 Å². The Morgan fingerprint density at radius 1 is 0.879 bits per heavy atom. The molecule has 0 amide bonds. The van der Waals surface area contributed by atoms with Gasteiger partial charge < -0.3 is 24.2 Å². The van der Waals surface area contributed by atoms with Gasteiger partial charge in [0.2, 0.25) is 0 Å². The first-order valence-electron chi connectivity index (χ1n) is 12.8. The standard InChI is InChI=1S/C27H49NO5/c1-5-6-7-8-9-10-11-12-13-14-15-16-17-18-19-20-24(29)21-27(32)33-25(22-26(30)31)23-28(2,3)4/h9-10,12-13,24-25,29H,5-8,11,14-23H2,1-4H3/b10-9+,13-12+. The molecule has 6 nitrogen and oxygen atoms in total. The number of aliphatic carboxylic acids is 1. The van der Waals surface area contributed by atoms with E-state index < -0.39 is 24.1 Å². The monoisotopic (exact) mass is 467 g/mol. The molecule has 6 heteroatoms. The Morgan fingerprint density at radius 3 is 2.03 bits per heavy atom. The summed E-state index contributed by atoms with van der Waals surface area (Å²) in [6.07, 6.45) is 20.3. The summed E-state index contributed by atoms with van der Waals surface area (Å²) in [5.74, 6) is -1.79. The minimum Gasteiger partial charge on any atom is -0.550 e. The van der Waals surface area contributed by atoms with Gasteiger partial charge >= 0.3 is 5.97 Å². The molecule has 0 radical (unpaired) electrons. The lowest BCUT2D eigenvalue weighted by molar-refractivity contribution is -0.873. The summed E-state index contributed by atoms with van der Waals surface area (Å²) in [6.45, 7) is 2.60. The number of likely N-dealkylation sites (N-methyl/N-ethyl adjacent to an activating group) is 1. The van der Waals surface area contributed by atoms with E-state index in [1.54, 1.807) is 0 Å². The number of rotatable bonds is 21. The second kappa shape index (κ2) is 19.8. The van der Waals surface area contributed by atoms with Crippen LogP contribution in [0.15, 0.2) is 24.3 Å². The lowest BCUT2D eigenvalue weighted by Gasteiger charge is -2.29. The highest BCUT2D eigenvalue weighted by Crippen LogP contribution is 2.13. The lowest BCUT2D eigenvalue weighted by Crippen LogP contribution is -2.45. The first-order valence-corrected chi connectivity index (χ1v) is 12.8. The molecular weight excluding hydrogens is 418 g/mol. The van der Waals surface area contributed by atoms with E-state index in [1.165, 1.54) is 38.5 Å². The number of unbranched alkanes of at least 4 members (excludes halogenated alkanes) is 8. The fraction of sp³-hybridized carbons (Fsp3) is 0.778. The number of aliphatic hydroxyl groups excluding tert-OH is 1. The number of esters is 1. The summed E-state index contributed by atoms with van der Waals surface area (Å²) >= 11 is 0. The Kier molecular flexibility index (Phi) is 18.8. The Hall–Kier alpha value is -1.66. The van der Waals surface area contributed by atoms with Crippen molar-refractivity contribution in [1.29, 1.82) is 0 Å². The van der Waals surface area contributed by atoms with E-state index >= 15 is 0 Å². The number of carboxylic acids is 1. The van der Waals surface area contributed by atoms with Crippen molar-refractivity contribution in [3.8, 4) is 0 Å². The lowest BCUT2D eigenvalue weighted by atomic mass is 10.1. The van der Waals surface area contributed by atoms with E-state index in [0.29, 0.717) is 17.4 Å². The van der Waals surface area contributed by atoms with E-state index in [4.69, 9.17) is 4.74 Å². The molecule has 0 saturated carbocycles. The van der Waals surface area contributed by atoms with Crippen LogP contribution in [0, 0.1) is 0 Å². The van der Waals surface area contributed by atoms with Crippen LogP contribution in [-0.2, 0) is 14.3 Å². The number of allylic oxidation sites excluding steroid dienone is 4. The molecule has 0 aliphatic heterocycles. The molecule has 0 heterocycles. The highest BCUT2D eigenvalue weighted by Gasteiger charge is 2.23. The number of carbonyl (C=O) groups is 2. The highest BCUT2D eigenvalue weighted by molar-refractivity contribution is 5.71. The molecule has 0 aromatic carbocycles. The maximum Gasteiger partial charge on any atom is 0.308 e. The van der Waals surface area contributed by atoms with Crippen LogP contribution in [0.4, 0.5) is 0 Å². The van der Waals surface area contributed by atoms with Crippen molar-refractivity contribution >= 4 is 11.9 Å². The van der Waals surface area contributed by atoms with Crippen LogP contribution >= 0.6 is 0 Å². The average molecular weight is 468 g/mol. The molecule has 0 aromatic heterocycles.